The van der Waals surface area contributed by atoms with Crippen molar-refractivity contribution in [3.63, 3.8) is 0 Å². The second kappa shape index (κ2) is 5.14. The van der Waals surface area contributed by atoms with Crippen LogP contribution < -0.4 is 0 Å². The minimum atomic E-state index is 0.460. The van der Waals surface area contributed by atoms with Gasteiger partial charge in [-0.25, -0.2) is 0 Å². The lowest BCUT2D eigenvalue weighted by Crippen LogP contribution is -2.11. The fourth-order valence-corrected chi connectivity index (χ4v) is 3.39. The van der Waals surface area contributed by atoms with Gasteiger partial charge in [-0.3, -0.25) is 0 Å². The molecule has 18 heavy (non-hydrogen) atoms. The lowest BCUT2D eigenvalue weighted by Gasteiger charge is -2.23. The monoisotopic (exact) mass is 347 g/mol. The largest absolute Gasteiger partial charge is 0.307 e. The summed E-state index contributed by atoms with van der Waals surface area (Å²) in [7, 11) is 0. The summed E-state index contributed by atoms with van der Waals surface area (Å²) in [4.78, 5) is 0. The van der Waals surface area contributed by atoms with Crippen molar-refractivity contribution in [1.29, 1.82) is 0 Å². The molecule has 2 heteroatoms. The van der Waals surface area contributed by atoms with Gasteiger partial charge in [0.2, 0.25) is 0 Å². The summed E-state index contributed by atoms with van der Waals surface area (Å²) in [5, 5.41) is 0. The number of benzene rings is 2. The summed E-state index contributed by atoms with van der Waals surface area (Å²) < 4.78 is 2.35. The van der Waals surface area contributed by atoms with E-state index in [0.29, 0.717) is 6.04 Å². The van der Waals surface area contributed by atoms with Gasteiger partial charge in [0.05, 0.1) is 28.9 Å². The summed E-state index contributed by atoms with van der Waals surface area (Å²) in [6.07, 6.45) is 3.41. The molecule has 0 N–H and O–H groups in total. The van der Waals surface area contributed by atoms with Crippen molar-refractivity contribution in [2.75, 3.05) is 0 Å². The predicted octanol–water partition coefficient (Wildman–Crippen LogP) is 4.82. The summed E-state index contributed by atoms with van der Waals surface area (Å²) in [6, 6.07) is 21.8. The maximum Gasteiger partial charge on any atom is 0.0677 e. The Morgan fingerprint density at radius 3 is 2.17 bits per heavy atom. The van der Waals surface area contributed by atoms with Crippen molar-refractivity contribution in [1.82, 2.24) is 3.11 Å². The molecule has 2 aromatic carbocycles. The number of nitrogens with zero attached hydrogens (tertiary/aromatic N) is 1. The van der Waals surface area contributed by atoms with E-state index in [4.69, 9.17) is 0 Å². The Bertz CT molecular complexity index is 548. The van der Waals surface area contributed by atoms with Crippen molar-refractivity contribution in [2.24, 2.45) is 0 Å². The van der Waals surface area contributed by atoms with E-state index in [1.807, 2.05) is 0 Å². The molecule has 1 aliphatic rings. The molecule has 0 aromatic heterocycles. The van der Waals surface area contributed by atoms with Crippen LogP contribution in [0.15, 0.2) is 66.7 Å². The SMILES string of the molecule is IN1C(c2ccccc2)=CCC1c1ccccc1. The zero-order valence-corrected chi connectivity index (χ0v) is 12.1. The van der Waals surface area contributed by atoms with E-state index in [2.05, 4.69) is 92.7 Å². The molecule has 90 valence electrons. The zero-order valence-electron chi connectivity index (χ0n) is 9.96. The quantitative estimate of drug-likeness (QED) is 0.556. The molecule has 0 fully saturated rings. The Labute approximate surface area is 122 Å². The third kappa shape index (κ3) is 2.17. The number of hydrogen-bond acceptors (Lipinski definition) is 1. The highest BCUT2D eigenvalue weighted by molar-refractivity contribution is 14.1. The van der Waals surface area contributed by atoms with Crippen LogP contribution in [0, 0.1) is 0 Å². The molecule has 3 rings (SSSR count). The van der Waals surface area contributed by atoms with Crippen molar-refractivity contribution < 1.29 is 0 Å². The van der Waals surface area contributed by atoms with Crippen LogP contribution in [0.25, 0.3) is 5.70 Å². The molecule has 2 aromatic rings. The normalized spacial score (nSPS) is 18.8. The van der Waals surface area contributed by atoms with E-state index in [9.17, 15) is 0 Å². The summed E-state index contributed by atoms with van der Waals surface area (Å²) in [5.74, 6) is 0. The van der Waals surface area contributed by atoms with Gasteiger partial charge in [-0.2, -0.15) is 0 Å². The highest BCUT2D eigenvalue weighted by Crippen LogP contribution is 2.41. The van der Waals surface area contributed by atoms with Crippen LogP contribution in [-0.2, 0) is 0 Å². The fourth-order valence-electron chi connectivity index (χ4n) is 2.36. The smallest absolute Gasteiger partial charge is 0.0677 e. The van der Waals surface area contributed by atoms with Crippen LogP contribution in [0.4, 0.5) is 0 Å². The minimum Gasteiger partial charge on any atom is -0.307 e. The average Bonchev–Trinajstić information content (AvgIpc) is 2.83. The predicted molar refractivity (Wildman–Crippen MR) is 84.1 cm³/mol. The highest BCUT2D eigenvalue weighted by atomic mass is 127. The topological polar surface area (TPSA) is 3.24 Å². The Kier molecular flexibility index (Phi) is 3.37. The third-order valence-corrected chi connectivity index (χ3v) is 4.48. The van der Waals surface area contributed by atoms with Crippen molar-refractivity contribution in [3.05, 3.63) is 77.9 Å². The molecular weight excluding hydrogens is 333 g/mol. The average molecular weight is 347 g/mol. The lowest BCUT2D eigenvalue weighted by atomic mass is 10.1. The second-order valence-corrected chi connectivity index (χ2v) is 5.47. The van der Waals surface area contributed by atoms with Gasteiger partial charge in [0, 0.05) is 5.70 Å². The second-order valence-electron chi connectivity index (χ2n) is 4.43. The molecule has 0 aliphatic carbocycles. The minimum absolute atomic E-state index is 0.460. The standard InChI is InChI=1S/C16H14IN/c17-18-15(13-7-3-1-4-8-13)11-12-16(18)14-9-5-2-6-10-14/h1-11,16H,12H2. The molecule has 0 radical (unpaired) electrons. The van der Waals surface area contributed by atoms with Gasteiger partial charge in [-0.1, -0.05) is 66.7 Å². The van der Waals surface area contributed by atoms with Gasteiger partial charge < -0.3 is 3.11 Å². The van der Waals surface area contributed by atoms with Crippen LogP contribution in [0.2, 0.25) is 0 Å². The van der Waals surface area contributed by atoms with E-state index < -0.39 is 0 Å². The Morgan fingerprint density at radius 1 is 0.889 bits per heavy atom. The summed E-state index contributed by atoms with van der Waals surface area (Å²) in [5.41, 5.74) is 4.00. The van der Waals surface area contributed by atoms with Crippen molar-refractivity contribution in [3.8, 4) is 0 Å². The molecule has 0 saturated heterocycles. The van der Waals surface area contributed by atoms with Crippen molar-refractivity contribution >= 4 is 28.6 Å². The van der Waals surface area contributed by atoms with Gasteiger partial charge in [0.1, 0.15) is 0 Å². The van der Waals surface area contributed by atoms with E-state index in [1.54, 1.807) is 0 Å². The summed E-state index contributed by atoms with van der Waals surface area (Å²) >= 11 is 2.43. The number of rotatable bonds is 2. The first-order chi connectivity index (χ1) is 8.86. The number of hydrogen-bond donors (Lipinski definition) is 0. The first kappa shape index (κ1) is 11.8. The molecule has 0 saturated carbocycles. The molecular formula is C16H14IN. The molecule has 1 unspecified atom stereocenters. The van der Waals surface area contributed by atoms with Crippen LogP contribution in [0.1, 0.15) is 23.6 Å². The molecule has 0 bridgehead atoms. The van der Waals surface area contributed by atoms with Gasteiger partial charge in [0.25, 0.3) is 0 Å². The zero-order chi connectivity index (χ0) is 12.4. The van der Waals surface area contributed by atoms with Gasteiger partial charge in [-0.05, 0) is 17.5 Å². The van der Waals surface area contributed by atoms with E-state index in [0.717, 1.165) is 6.42 Å². The van der Waals surface area contributed by atoms with Crippen LogP contribution >= 0.6 is 22.9 Å². The van der Waals surface area contributed by atoms with Gasteiger partial charge in [-0.15, -0.1) is 0 Å². The first-order valence-electron chi connectivity index (χ1n) is 6.12. The van der Waals surface area contributed by atoms with Gasteiger partial charge in [0.15, 0.2) is 0 Å². The van der Waals surface area contributed by atoms with E-state index in [-0.39, 0.29) is 0 Å². The molecule has 0 spiro atoms. The Hall–Kier alpha value is -1.29. The van der Waals surface area contributed by atoms with Crippen LogP contribution in [0.3, 0.4) is 0 Å². The maximum absolute atomic E-state index is 2.43. The van der Waals surface area contributed by atoms with E-state index in [1.165, 1.54) is 16.8 Å². The lowest BCUT2D eigenvalue weighted by molar-refractivity contribution is 0.544. The third-order valence-electron chi connectivity index (χ3n) is 3.29. The molecule has 0 amide bonds. The van der Waals surface area contributed by atoms with Crippen molar-refractivity contribution in [2.45, 2.75) is 12.5 Å². The Morgan fingerprint density at radius 2 is 1.50 bits per heavy atom. The molecule has 1 heterocycles. The fraction of sp³-hybridized carbons (Fsp3) is 0.125. The molecule has 1 aliphatic heterocycles. The van der Waals surface area contributed by atoms with Crippen LogP contribution in [0.5, 0.6) is 0 Å². The van der Waals surface area contributed by atoms with Crippen LogP contribution in [-0.4, -0.2) is 3.11 Å². The Balaban J connectivity index is 1.87. The first-order valence-corrected chi connectivity index (χ1v) is 7.08. The van der Waals surface area contributed by atoms with E-state index >= 15 is 0 Å². The maximum atomic E-state index is 2.43. The molecule has 1 atom stereocenters. The summed E-state index contributed by atoms with van der Waals surface area (Å²) in [6.45, 7) is 0. The number of halogens is 1. The van der Waals surface area contributed by atoms with Gasteiger partial charge >= 0.3 is 0 Å². The molecule has 1 nitrogen and oxygen atoms in total. The highest BCUT2D eigenvalue weighted by Gasteiger charge is 2.25.